The lowest BCUT2D eigenvalue weighted by molar-refractivity contribution is -0.117. The van der Waals surface area contributed by atoms with E-state index in [4.69, 9.17) is 27.7 Å². The van der Waals surface area contributed by atoms with Crippen LogP contribution in [0.3, 0.4) is 0 Å². The minimum Gasteiger partial charge on any atom is -0.360 e. The maximum Gasteiger partial charge on any atom is 0.261 e. The van der Waals surface area contributed by atoms with Crippen molar-refractivity contribution in [3.8, 4) is 11.3 Å². The van der Waals surface area contributed by atoms with Crippen LogP contribution in [0.15, 0.2) is 40.9 Å². The molecular formula is C21H16Cl2FN3O3. The summed E-state index contributed by atoms with van der Waals surface area (Å²) in [6.45, 7) is 2.06. The van der Waals surface area contributed by atoms with E-state index in [1.54, 1.807) is 25.1 Å². The van der Waals surface area contributed by atoms with Gasteiger partial charge in [-0.3, -0.25) is 9.59 Å². The van der Waals surface area contributed by atoms with Crippen LogP contribution in [0.2, 0.25) is 10.0 Å². The molecule has 2 amide bonds. The third kappa shape index (κ3) is 3.66. The number of hydrogen-bond donors (Lipinski definition) is 1. The largest absolute Gasteiger partial charge is 0.360 e. The standard InChI is InChI=1S/C21H16Cl2FN3O3/c1-11-18(20(26-30-11)19-13(22)4-2-5-14(19)23)21(29)25-12-7-8-16(15(24)10-12)27-9-3-6-17(27)28/h2,4-5,7-8,10H,3,6,9H2,1H3,(H,25,29). The van der Waals surface area contributed by atoms with Gasteiger partial charge in [-0.25, -0.2) is 4.39 Å². The average molecular weight is 448 g/mol. The molecule has 30 heavy (non-hydrogen) atoms. The number of benzene rings is 2. The van der Waals surface area contributed by atoms with Gasteiger partial charge in [0.2, 0.25) is 5.91 Å². The Morgan fingerprint density at radius 1 is 1.23 bits per heavy atom. The van der Waals surface area contributed by atoms with Gasteiger partial charge in [0, 0.05) is 24.2 Å². The highest BCUT2D eigenvalue weighted by Gasteiger charge is 2.26. The van der Waals surface area contributed by atoms with Gasteiger partial charge in [0.15, 0.2) is 0 Å². The van der Waals surface area contributed by atoms with E-state index in [9.17, 15) is 14.0 Å². The van der Waals surface area contributed by atoms with Crippen LogP contribution in [0.5, 0.6) is 0 Å². The van der Waals surface area contributed by atoms with Crippen LogP contribution < -0.4 is 10.2 Å². The Hall–Kier alpha value is -2.90. The fraction of sp³-hybridized carbons (Fsp3) is 0.190. The average Bonchev–Trinajstić information content (AvgIpc) is 3.28. The Bertz CT molecular complexity index is 1140. The molecule has 1 aliphatic heterocycles. The molecule has 0 saturated carbocycles. The zero-order chi connectivity index (χ0) is 21.4. The fourth-order valence-corrected chi connectivity index (χ4v) is 4.01. The first-order valence-corrected chi connectivity index (χ1v) is 9.94. The Labute approximate surface area is 181 Å². The molecule has 0 atom stereocenters. The second-order valence-corrected chi connectivity index (χ2v) is 7.64. The molecule has 1 saturated heterocycles. The number of rotatable bonds is 4. The summed E-state index contributed by atoms with van der Waals surface area (Å²) in [4.78, 5) is 26.2. The first kappa shape index (κ1) is 20.4. The zero-order valence-electron chi connectivity index (χ0n) is 15.8. The monoisotopic (exact) mass is 447 g/mol. The molecule has 6 nitrogen and oxygen atoms in total. The molecule has 2 heterocycles. The fourth-order valence-electron chi connectivity index (χ4n) is 3.43. The van der Waals surface area contributed by atoms with Gasteiger partial charge in [0.1, 0.15) is 22.8 Å². The first-order chi connectivity index (χ1) is 14.4. The van der Waals surface area contributed by atoms with Crippen molar-refractivity contribution >= 4 is 46.4 Å². The maximum atomic E-state index is 14.6. The van der Waals surface area contributed by atoms with Gasteiger partial charge in [0.25, 0.3) is 5.91 Å². The molecule has 3 aromatic rings. The van der Waals surface area contributed by atoms with E-state index in [1.165, 1.54) is 23.1 Å². The molecule has 1 fully saturated rings. The number of amides is 2. The van der Waals surface area contributed by atoms with E-state index in [1.807, 2.05) is 0 Å². The SMILES string of the molecule is Cc1onc(-c2c(Cl)cccc2Cl)c1C(=O)Nc1ccc(N2CCCC2=O)c(F)c1. The second kappa shape index (κ2) is 8.08. The molecule has 1 aliphatic rings. The second-order valence-electron chi connectivity index (χ2n) is 6.83. The summed E-state index contributed by atoms with van der Waals surface area (Å²) in [6.07, 6.45) is 1.09. The van der Waals surface area contributed by atoms with Gasteiger partial charge in [-0.2, -0.15) is 0 Å². The predicted molar refractivity (Wildman–Crippen MR) is 113 cm³/mol. The lowest BCUT2D eigenvalue weighted by Crippen LogP contribution is -2.24. The Morgan fingerprint density at radius 2 is 1.97 bits per heavy atom. The van der Waals surface area contributed by atoms with Gasteiger partial charge >= 0.3 is 0 Å². The third-order valence-electron chi connectivity index (χ3n) is 4.86. The number of halogens is 3. The molecule has 0 spiro atoms. The van der Waals surface area contributed by atoms with Crippen molar-refractivity contribution in [2.75, 3.05) is 16.8 Å². The van der Waals surface area contributed by atoms with Crippen molar-refractivity contribution in [2.24, 2.45) is 0 Å². The number of carbonyl (C=O) groups excluding carboxylic acids is 2. The van der Waals surface area contributed by atoms with Crippen molar-refractivity contribution in [3.63, 3.8) is 0 Å². The number of hydrogen-bond acceptors (Lipinski definition) is 4. The molecular weight excluding hydrogens is 432 g/mol. The third-order valence-corrected chi connectivity index (χ3v) is 5.49. The Balaban J connectivity index is 1.63. The van der Waals surface area contributed by atoms with Gasteiger partial charge in [-0.1, -0.05) is 34.4 Å². The van der Waals surface area contributed by atoms with Crippen LogP contribution in [0.25, 0.3) is 11.3 Å². The number of carbonyl (C=O) groups is 2. The summed E-state index contributed by atoms with van der Waals surface area (Å²) in [6, 6.07) is 9.11. The van der Waals surface area contributed by atoms with E-state index >= 15 is 0 Å². The van der Waals surface area contributed by atoms with Crippen molar-refractivity contribution in [1.82, 2.24) is 5.16 Å². The van der Waals surface area contributed by atoms with Crippen LogP contribution in [0, 0.1) is 12.7 Å². The molecule has 0 radical (unpaired) electrons. The van der Waals surface area contributed by atoms with Gasteiger partial charge in [-0.15, -0.1) is 0 Å². The summed E-state index contributed by atoms with van der Waals surface area (Å²) in [5.41, 5.74) is 1.13. The summed E-state index contributed by atoms with van der Waals surface area (Å²) in [7, 11) is 0. The number of aromatic nitrogens is 1. The van der Waals surface area contributed by atoms with Crippen LogP contribution in [0.1, 0.15) is 29.0 Å². The van der Waals surface area contributed by atoms with E-state index < -0.39 is 11.7 Å². The normalized spacial score (nSPS) is 13.7. The molecule has 0 bridgehead atoms. The van der Waals surface area contributed by atoms with Gasteiger partial charge < -0.3 is 14.7 Å². The van der Waals surface area contributed by atoms with E-state index in [0.717, 1.165) is 0 Å². The topological polar surface area (TPSA) is 75.4 Å². The summed E-state index contributed by atoms with van der Waals surface area (Å²) < 4.78 is 19.8. The van der Waals surface area contributed by atoms with Gasteiger partial charge in [0.05, 0.1) is 15.7 Å². The van der Waals surface area contributed by atoms with Crippen molar-refractivity contribution < 1.29 is 18.5 Å². The highest BCUT2D eigenvalue weighted by Crippen LogP contribution is 2.37. The number of aryl methyl sites for hydroxylation is 1. The van der Waals surface area contributed by atoms with Crippen molar-refractivity contribution in [3.05, 3.63) is 63.6 Å². The Kier molecular flexibility index (Phi) is 5.49. The number of nitrogens with one attached hydrogen (secondary N) is 1. The first-order valence-electron chi connectivity index (χ1n) is 9.18. The molecule has 0 unspecified atom stereocenters. The van der Waals surface area contributed by atoms with Crippen LogP contribution in [-0.4, -0.2) is 23.5 Å². The smallest absolute Gasteiger partial charge is 0.261 e. The lowest BCUT2D eigenvalue weighted by Gasteiger charge is -2.17. The highest BCUT2D eigenvalue weighted by atomic mass is 35.5. The quantitative estimate of drug-likeness (QED) is 0.574. The van der Waals surface area contributed by atoms with Crippen molar-refractivity contribution in [2.45, 2.75) is 19.8 Å². The molecule has 2 aromatic carbocycles. The Morgan fingerprint density at radius 3 is 2.60 bits per heavy atom. The summed E-state index contributed by atoms with van der Waals surface area (Å²) in [5, 5.41) is 7.21. The minimum absolute atomic E-state index is 0.118. The van der Waals surface area contributed by atoms with E-state index in [-0.39, 0.29) is 34.3 Å². The molecule has 1 N–H and O–H groups in total. The van der Waals surface area contributed by atoms with E-state index in [0.29, 0.717) is 35.0 Å². The molecule has 154 valence electrons. The highest BCUT2D eigenvalue weighted by molar-refractivity contribution is 6.39. The van der Waals surface area contributed by atoms with E-state index in [2.05, 4.69) is 10.5 Å². The molecule has 0 aliphatic carbocycles. The number of anilines is 2. The minimum atomic E-state index is -0.598. The van der Waals surface area contributed by atoms with Crippen LogP contribution in [0.4, 0.5) is 15.8 Å². The zero-order valence-corrected chi connectivity index (χ0v) is 17.4. The summed E-state index contributed by atoms with van der Waals surface area (Å²) in [5.74, 6) is -1.01. The summed E-state index contributed by atoms with van der Waals surface area (Å²) >= 11 is 12.5. The maximum absolute atomic E-state index is 14.6. The van der Waals surface area contributed by atoms with Gasteiger partial charge in [-0.05, 0) is 43.7 Å². The van der Waals surface area contributed by atoms with Crippen molar-refractivity contribution in [1.29, 1.82) is 0 Å². The lowest BCUT2D eigenvalue weighted by atomic mass is 10.1. The van der Waals surface area contributed by atoms with Crippen LogP contribution in [-0.2, 0) is 4.79 Å². The molecule has 1 aromatic heterocycles. The number of nitrogens with zero attached hydrogens (tertiary/aromatic N) is 2. The van der Waals surface area contributed by atoms with Crippen LogP contribution >= 0.6 is 23.2 Å². The predicted octanol–water partition coefficient (Wildman–Crippen LogP) is 5.48. The molecule has 4 rings (SSSR count). The molecule has 9 heteroatoms.